The lowest BCUT2D eigenvalue weighted by Crippen LogP contribution is -2.30. The van der Waals surface area contributed by atoms with E-state index in [1.807, 2.05) is 18.2 Å². The molecule has 5 heteroatoms. The number of rotatable bonds is 6. The summed E-state index contributed by atoms with van der Waals surface area (Å²) in [5.74, 6) is -0.423. The van der Waals surface area contributed by atoms with E-state index in [0.717, 1.165) is 55.4 Å². The minimum atomic E-state index is -0.213. The van der Waals surface area contributed by atoms with Crippen molar-refractivity contribution >= 4 is 29.1 Å². The summed E-state index contributed by atoms with van der Waals surface area (Å²) in [5, 5.41) is 1.21. The van der Waals surface area contributed by atoms with Crippen LogP contribution in [0.25, 0.3) is 16.5 Å². The van der Waals surface area contributed by atoms with Gasteiger partial charge in [-0.2, -0.15) is 12.6 Å². The Bertz CT molecular complexity index is 1020. The minimum absolute atomic E-state index is 0.108. The summed E-state index contributed by atoms with van der Waals surface area (Å²) in [6.07, 6.45) is 5.10. The van der Waals surface area contributed by atoms with Crippen LogP contribution >= 0.6 is 12.6 Å². The minimum Gasteiger partial charge on any atom is -0.358 e. The summed E-state index contributed by atoms with van der Waals surface area (Å²) in [6.45, 7) is 4.97. The fraction of sp³-hybridized carbons (Fsp3) is 0.333. The van der Waals surface area contributed by atoms with Gasteiger partial charge in [-0.15, -0.1) is 0 Å². The summed E-state index contributed by atoms with van der Waals surface area (Å²) in [4.78, 5) is 5.82. The molecule has 1 aliphatic heterocycles. The van der Waals surface area contributed by atoms with E-state index in [1.54, 1.807) is 6.07 Å². The number of H-pyrrole nitrogens is 1. The largest absolute Gasteiger partial charge is 0.358 e. The van der Waals surface area contributed by atoms with E-state index in [1.165, 1.54) is 35.0 Å². The van der Waals surface area contributed by atoms with Crippen molar-refractivity contribution in [3.8, 4) is 0 Å². The van der Waals surface area contributed by atoms with Gasteiger partial charge in [0.25, 0.3) is 0 Å². The number of nitrogens with one attached hydrogen (secondary N) is 1. The van der Waals surface area contributed by atoms with Crippen LogP contribution in [0.1, 0.15) is 41.8 Å². The monoisotopic (exact) mass is 412 g/mol. The molecule has 1 N–H and O–H groups in total. The average molecular weight is 413 g/mol. The smallest absolute Gasteiger partial charge is 0.125 e. The number of thiol groups is 1. The Balaban J connectivity index is 1.43. The molecule has 1 atom stereocenters. The fourth-order valence-corrected chi connectivity index (χ4v) is 4.44. The molecule has 0 amide bonds. The number of halogens is 2. The van der Waals surface area contributed by atoms with Gasteiger partial charge in [0.1, 0.15) is 11.6 Å². The Morgan fingerprint density at radius 1 is 1.10 bits per heavy atom. The van der Waals surface area contributed by atoms with Gasteiger partial charge in [-0.05, 0) is 67.3 Å². The molecule has 0 radical (unpaired) electrons. The van der Waals surface area contributed by atoms with Crippen LogP contribution in [0.2, 0.25) is 0 Å². The Morgan fingerprint density at radius 3 is 2.55 bits per heavy atom. The van der Waals surface area contributed by atoms with E-state index < -0.39 is 0 Å². The molecule has 152 valence electrons. The van der Waals surface area contributed by atoms with Crippen LogP contribution in [-0.2, 0) is 6.42 Å². The first-order valence-corrected chi connectivity index (χ1v) is 10.7. The highest BCUT2D eigenvalue weighted by atomic mass is 32.1. The molecule has 3 aromatic rings. The van der Waals surface area contributed by atoms with Crippen molar-refractivity contribution in [3.63, 3.8) is 0 Å². The molecule has 0 bridgehead atoms. The van der Waals surface area contributed by atoms with E-state index in [9.17, 15) is 8.78 Å². The molecule has 1 aromatic heterocycles. The summed E-state index contributed by atoms with van der Waals surface area (Å²) < 4.78 is 26.7. The molecule has 0 saturated carbocycles. The normalized spacial score (nSPS) is 16.2. The third-order valence-electron chi connectivity index (χ3n) is 5.78. The molecular weight excluding hydrogens is 386 g/mol. The molecule has 0 fully saturated rings. The highest BCUT2D eigenvalue weighted by molar-refractivity contribution is 7.80. The van der Waals surface area contributed by atoms with E-state index >= 15 is 0 Å². The third-order valence-corrected chi connectivity index (χ3v) is 6.34. The third kappa shape index (κ3) is 4.41. The van der Waals surface area contributed by atoms with Crippen LogP contribution < -0.4 is 0 Å². The Kier molecular flexibility index (Phi) is 6.07. The molecule has 0 spiro atoms. The molecule has 29 heavy (non-hydrogen) atoms. The maximum atomic E-state index is 13.6. The van der Waals surface area contributed by atoms with Crippen LogP contribution in [0.15, 0.2) is 48.5 Å². The van der Waals surface area contributed by atoms with Crippen molar-refractivity contribution in [2.45, 2.75) is 31.4 Å². The number of aryl methyl sites for hydroxylation is 1. The Hall–Kier alpha value is -2.11. The molecule has 0 saturated heterocycles. The van der Waals surface area contributed by atoms with Crippen molar-refractivity contribution in [1.82, 2.24) is 9.88 Å². The average Bonchev–Trinajstić information content (AvgIpc) is 3.10. The van der Waals surface area contributed by atoms with Crippen LogP contribution in [0.3, 0.4) is 0 Å². The quantitative estimate of drug-likeness (QED) is 0.464. The number of aromatic amines is 1. The number of fused-ring (bicyclic) bond motifs is 1. The molecule has 2 aromatic carbocycles. The molecule has 1 unspecified atom stereocenters. The maximum Gasteiger partial charge on any atom is 0.125 e. The van der Waals surface area contributed by atoms with Gasteiger partial charge < -0.3 is 4.98 Å². The van der Waals surface area contributed by atoms with Crippen LogP contribution in [-0.4, -0.2) is 29.5 Å². The highest BCUT2D eigenvalue weighted by Gasteiger charge is 2.19. The van der Waals surface area contributed by atoms with Crippen molar-refractivity contribution in [2.24, 2.45) is 0 Å². The van der Waals surface area contributed by atoms with E-state index in [0.29, 0.717) is 0 Å². The Labute approximate surface area is 176 Å². The number of hydrogen-bond acceptors (Lipinski definition) is 2. The zero-order valence-electron chi connectivity index (χ0n) is 16.6. The van der Waals surface area contributed by atoms with Crippen LogP contribution in [0, 0.1) is 11.6 Å². The van der Waals surface area contributed by atoms with Gasteiger partial charge in [0.2, 0.25) is 0 Å². The van der Waals surface area contributed by atoms with E-state index in [-0.39, 0.29) is 16.9 Å². The number of benzene rings is 2. The second-order valence-corrected chi connectivity index (χ2v) is 8.28. The summed E-state index contributed by atoms with van der Waals surface area (Å²) in [6, 6.07) is 11.6. The topological polar surface area (TPSA) is 19.0 Å². The highest BCUT2D eigenvalue weighted by Crippen LogP contribution is 2.33. The first-order valence-electron chi connectivity index (χ1n) is 10.2. The predicted molar refractivity (Wildman–Crippen MR) is 119 cm³/mol. The summed E-state index contributed by atoms with van der Waals surface area (Å²) in [7, 11) is 0. The fourth-order valence-electron chi connectivity index (χ4n) is 4.16. The lowest BCUT2D eigenvalue weighted by atomic mass is 9.95. The second-order valence-electron chi connectivity index (χ2n) is 7.66. The number of aromatic nitrogens is 1. The zero-order valence-corrected chi connectivity index (χ0v) is 17.5. The summed E-state index contributed by atoms with van der Waals surface area (Å²) in [5.41, 5.74) is 5.70. The van der Waals surface area contributed by atoms with Gasteiger partial charge in [-0.1, -0.05) is 25.1 Å². The molecule has 4 rings (SSSR count). The summed E-state index contributed by atoms with van der Waals surface area (Å²) >= 11 is 4.70. The van der Waals surface area contributed by atoms with Crippen molar-refractivity contribution in [2.75, 3.05) is 19.6 Å². The second kappa shape index (κ2) is 8.72. The van der Waals surface area contributed by atoms with Gasteiger partial charge in [0.05, 0.1) is 0 Å². The van der Waals surface area contributed by atoms with E-state index in [4.69, 9.17) is 12.6 Å². The van der Waals surface area contributed by atoms with Gasteiger partial charge in [0.15, 0.2) is 0 Å². The number of nitrogens with zero attached hydrogens (tertiary/aromatic N) is 1. The molecule has 2 nitrogen and oxygen atoms in total. The zero-order chi connectivity index (χ0) is 20.4. The lowest BCUT2D eigenvalue weighted by Gasteiger charge is -2.27. The number of hydrogen-bond donors (Lipinski definition) is 2. The van der Waals surface area contributed by atoms with Gasteiger partial charge in [-0.25, -0.2) is 8.78 Å². The molecule has 0 aliphatic carbocycles. The van der Waals surface area contributed by atoms with Crippen molar-refractivity contribution in [3.05, 3.63) is 77.0 Å². The first-order chi connectivity index (χ1) is 14.0. The molecular formula is C24H26F2N2S. The van der Waals surface area contributed by atoms with Crippen LogP contribution in [0.5, 0.6) is 0 Å². The first kappa shape index (κ1) is 20.2. The van der Waals surface area contributed by atoms with Crippen LogP contribution in [0.4, 0.5) is 8.78 Å². The van der Waals surface area contributed by atoms with E-state index in [2.05, 4.69) is 22.9 Å². The molecule has 1 aliphatic rings. The van der Waals surface area contributed by atoms with Crippen molar-refractivity contribution < 1.29 is 8.78 Å². The van der Waals surface area contributed by atoms with Gasteiger partial charge in [-0.3, -0.25) is 4.90 Å². The standard InChI is InChI=1S/C24H26F2N2S/c1-2-21-24(20-8-7-19(26)15-22(20)27-21)17-9-12-28(13-10-17)14-11-23(29)16-3-5-18(25)6-4-16/h3-9,15,23,27,29H,2,10-14H2,1H3. The van der Waals surface area contributed by atoms with Gasteiger partial charge >= 0.3 is 0 Å². The van der Waals surface area contributed by atoms with Gasteiger partial charge in [0, 0.05) is 40.5 Å². The SMILES string of the molecule is CCc1[nH]c2cc(F)ccc2c1C1=CCN(CCC(S)c2ccc(F)cc2)CC1. The predicted octanol–water partition coefficient (Wildman–Crippen LogP) is 6.16. The molecule has 2 heterocycles. The lowest BCUT2D eigenvalue weighted by molar-refractivity contribution is 0.297. The van der Waals surface area contributed by atoms with Crippen molar-refractivity contribution in [1.29, 1.82) is 0 Å². The maximum absolute atomic E-state index is 13.6. The Morgan fingerprint density at radius 2 is 1.86 bits per heavy atom.